The minimum absolute atomic E-state index is 0.0671. The quantitative estimate of drug-likeness (QED) is 0.721. The molecule has 1 unspecified atom stereocenters. The van der Waals surface area contributed by atoms with Crippen LogP contribution in [0.2, 0.25) is 5.02 Å². The van der Waals surface area contributed by atoms with E-state index in [-0.39, 0.29) is 17.5 Å². The third-order valence-electron chi connectivity index (χ3n) is 2.75. The van der Waals surface area contributed by atoms with Gasteiger partial charge in [0, 0.05) is 29.3 Å². The van der Waals surface area contributed by atoms with Crippen molar-refractivity contribution in [1.82, 2.24) is 0 Å². The van der Waals surface area contributed by atoms with E-state index < -0.39 is 0 Å². The molecule has 2 nitrogen and oxygen atoms in total. The Morgan fingerprint density at radius 3 is 2.47 bits per heavy atom. The highest BCUT2D eigenvalue weighted by Gasteiger charge is 2.28. The Morgan fingerprint density at radius 2 is 1.93 bits per heavy atom. The lowest BCUT2D eigenvalue weighted by atomic mass is 9.96. The molecule has 0 bridgehead atoms. The first kappa shape index (κ1) is 10.4. The largest absolute Gasteiger partial charge is 0.300 e. The number of benzene rings is 1. The van der Waals surface area contributed by atoms with E-state index in [9.17, 15) is 9.59 Å². The van der Waals surface area contributed by atoms with Gasteiger partial charge in [0.25, 0.3) is 0 Å². The van der Waals surface area contributed by atoms with Crippen LogP contribution in [0.25, 0.3) is 0 Å². The second-order valence-electron chi connectivity index (χ2n) is 3.85. The predicted octanol–water partition coefficient (Wildman–Crippen LogP) is 2.89. The molecule has 1 aromatic rings. The molecule has 1 aliphatic rings. The molecule has 3 heteroatoms. The van der Waals surface area contributed by atoms with Crippen molar-refractivity contribution in [1.29, 1.82) is 0 Å². The van der Waals surface area contributed by atoms with Gasteiger partial charge in [-0.05, 0) is 30.7 Å². The van der Waals surface area contributed by atoms with E-state index in [4.69, 9.17) is 11.6 Å². The molecule has 0 saturated heterocycles. The molecule has 78 valence electrons. The van der Waals surface area contributed by atoms with Crippen molar-refractivity contribution >= 4 is 23.2 Å². The van der Waals surface area contributed by atoms with E-state index in [0.717, 1.165) is 0 Å². The second-order valence-corrected chi connectivity index (χ2v) is 4.29. The Morgan fingerprint density at radius 1 is 1.27 bits per heavy atom. The van der Waals surface area contributed by atoms with Gasteiger partial charge in [-0.1, -0.05) is 11.6 Å². The van der Waals surface area contributed by atoms with Crippen LogP contribution in [0.3, 0.4) is 0 Å². The maximum absolute atomic E-state index is 11.9. The van der Waals surface area contributed by atoms with Crippen molar-refractivity contribution in [2.45, 2.75) is 19.3 Å². The normalized spacial score (nSPS) is 20.6. The van der Waals surface area contributed by atoms with Gasteiger partial charge in [0.15, 0.2) is 5.78 Å². The molecule has 1 aromatic carbocycles. The summed E-state index contributed by atoms with van der Waals surface area (Å²) in [4.78, 5) is 23.0. The molecule has 1 saturated carbocycles. The van der Waals surface area contributed by atoms with E-state index in [2.05, 4.69) is 0 Å². The topological polar surface area (TPSA) is 34.1 Å². The summed E-state index contributed by atoms with van der Waals surface area (Å²) in [5.74, 6) is 0.151. The average Bonchev–Trinajstić information content (AvgIpc) is 2.65. The highest BCUT2D eigenvalue weighted by Crippen LogP contribution is 2.26. The summed E-state index contributed by atoms with van der Waals surface area (Å²) in [5.41, 5.74) is 0.652. The van der Waals surface area contributed by atoms with Crippen molar-refractivity contribution in [3.05, 3.63) is 34.9 Å². The van der Waals surface area contributed by atoms with Crippen molar-refractivity contribution in [2.75, 3.05) is 0 Å². The third kappa shape index (κ3) is 2.26. The number of rotatable bonds is 2. The van der Waals surface area contributed by atoms with Gasteiger partial charge < -0.3 is 0 Å². The average molecular weight is 223 g/mol. The van der Waals surface area contributed by atoms with E-state index >= 15 is 0 Å². The summed E-state index contributed by atoms with van der Waals surface area (Å²) >= 11 is 5.73. The van der Waals surface area contributed by atoms with Gasteiger partial charge in [-0.15, -0.1) is 0 Å². The number of hydrogen-bond donors (Lipinski definition) is 0. The first-order valence-corrected chi connectivity index (χ1v) is 5.36. The zero-order valence-corrected chi connectivity index (χ0v) is 8.96. The summed E-state index contributed by atoms with van der Waals surface area (Å²) in [6, 6.07) is 6.83. The Kier molecular flexibility index (Phi) is 2.87. The molecule has 0 N–H and O–H groups in total. The minimum atomic E-state index is -0.112. The fraction of sp³-hybridized carbons (Fsp3) is 0.333. The standard InChI is InChI=1S/C12H11ClO2/c13-10-4-1-8(2-5-10)12(15)9-3-6-11(14)7-9/h1-2,4-5,9H,3,6-7H2. The van der Waals surface area contributed by atoms with Gasteiger partial charge in [0.1, 0.15) is 5.78 Å². The second kappa shape index (κ2) is 4.15. The first-order valence-electron chi connectivity index (χ1n) is 4.98. The molecule has 2 rings (SSSR count). The van der Waals surface area contributed by atoms with Gasteiger partial charge in [0.2, 0.25) is 0 Å². The number of halogens is 1. The maximum atomic E-state index is 11.9. The monoisotopic (exact) mass is 222 g/mol. The van der Waals surface area contributed by atoms with E-state index in [1.165, 1.54) is 0 Å². The first-order chi connectivity index (χ1) is 7.16. The molecule has 1 atom stereocenters. The molecular weight excluding hydrogens is 212 g/mol. The summed E-state index contributed by atoms with van der Waals surface area (Å²) in [6.07, 6.45) is 1.64. The van der Waals surface area contributed by atoms with Crippen LogP contribution in [-0.4, -0.2) is 11.6 Å². The Labute approximate surface area is 93.2 Å². The number of carbonyl (C=O) groups excluding carboxylic acids is 2. The van der Waals surface area contributed by atoms with Crippen molar-refractivity contribution < 1.29 is 9.59 Å². The summed E-state index contributed by atoms with van der Waals surface area (Å²) in [6.45, 7) is 0. The Balaban J connectivity index is 2.14. The molecule has 15 heavy (non-hydrogen) atoms. The van der Waals surface area contributed by atoms with Gasteiger partial charge in [0.05, 0.1) is 0 Å². The van der Waals surface area contributed by atoms with E-state index in [0.29, 0.717) is 29.8 Å². The summed E-state index contributed by atoms with van der Waals surface area (Å²) in [7, 11) is 0. The molecule has 0 radical (unpaired) electrons. The van der Waals surface area contributed by atoms with Gasteiger partial charge in [-0.25, -0.2) is 0 Å². The lowest BCUT2D eigenvalue weighted by molar-refractivity contribution is -0.117. The number of ketones is 2. The van der Waals surface area contributed by atoms with Crippen LogP contribution in [0.15, 0.2) is 24.3 Å². The zero-order valence-electron chi connectivity index (χ0n) is 8.20. The maximum Gasteiger partial charge on any atom is 0.166 e. The SMILES string of the molecule is O=C1CCC(C(=O)c2ccc(Cl)cc2)C1. The van der Waals surface area contributed by atoms with E-state index in [1.807, 2.05) is 0 Å². The molecular formula is C12H11ClO2. The van der Waals surface area contributed by atoms with Gasteiger partial charge in [-0.3, -0.25) is 9.59 Å². The van der Waals surface area contributed by atoms with E-state index in [1.54, 1.807) is 24.3 Å². The van der Waals surface area contributed by atoms with Crippen LogP contribution in [-0.2, 0) is 4.79 Å². The number of Topliss-reactive ketones (excluding diaryl/α,β-unsaturated/α-hetero) is 2. The van der Waals surface area contributed by atoms with Crippen LogP contribution in [0.5, 0.6) is 0 Å². The summed E-state index contributed by atoms with van der Waals surface area (Å²) in [5, 5.41) is 0.619. The highest BCUT2D eigenvalue weighted by molar-refractivity contribution is 6.30. The van der Waals surface area contributed by atoms with Gasteiger partial charge >= 0.3 is 0 Å². The number of hydrogen-bond acceptors (Lipinski definition) is 2. The van der Waals surface area contributed by atoms with Crippen LogP contribution < -0.4 is 0 Å². The molecule has 0 amide bonds. The fourth-order valence-corrected chi connectivity index (χ4v) is 2.01. The molecule has 0 aromatic heterocycles. The highest BCUT2D eigenvalue weighted by atomic mass is 35.5. The number of carbonyl (C=O) groups is 2. The lowest BCUT2D eigenvalue weighted by Crippen LogP contribution is -2.11. The van der Waals surface area contributed by atoms with Crippen LogP contribution in [0, 0.1) is 5.92 Å². The lowest BCUT2D eigenvalue weighted by Gasteiger charge is -2.06. The molecule has 1 fully saturated rings. The van der Waals surface area contributed by atoms with Crippen molar-refractivity contribution in [3.8, 4) is 0 Å². The predicted molar refractivity (Wildman–Crippen MR) is 58.1 cm³/mol. The van der Waals surface area contributed by atoms with Gasteiger partial charge in [-0.2, -0.15) is 0 Å². The zero-order chi connectivity index (χ0) is 10.8. The van der Waals surface area contributed by atoms with Crippen molar-refractivity contribution in [3.63, 3.8) is 0 Å². The van der Waals surface area contributed by atoms with Crippen LogP contribution >= 0.6 is 11.6 Å². The smallest absolute Gasteiger partial charge is 0.166 e. The van der Waals surface area contributed by atoms with Crippen LogP contribution in [0.1, 0.15) is 29.6 Å². The minimum Gasteiger partial charge on any atom is -0.300 e. The molecule has 1 aliphatic carbocycles. The molecule has 0 heterocycles. The Bertz CT molecular complexity index is 395. The Hall–Kier alpha value is -1.15. The fourth-order valence-electron chi connectivity index (χ4n) is 1.89. The van der Waals surface area contributed by atoms with Crippen LogP contribution in [0.4, 0.5) is 0 Å². The summed E-state index contributed by atoms with van der Waals surface area (Å²) < 4.78 is 0. The third-order valence-corrected chi connectivity index (χ3v) is 3.00. The molecule has 0 spiro atoms. The van der Waals surface area contributed by atoms with Crippen molar-refractivity contribution in [2.24, 2.45) is 5.92 Å². The molecule has 0 aliphatic heterocycles.